The standard InChI is InChI=1S/C14H15N3O4S/c18-11(7-6-9-4-2-1-3-5-9)16-17-14-15-12(19)8-10(22-14)13(20)21/h1-5,10H,6-8H2,(H,16,18)(H,20,21)(H,15,17,19)/t10-/m0/s1. The van der Waals surface area contributed by atoms with Crippen molar-refractivity contribution in [3.05, 3.63) is 35.9 Å². The molecule has 22 heavy (non-hydrogen) atoms. The maximum atomic E-state index is 11.7. The average Bonchev–Trinajstić information content (AvgIpc) is 2.51. The zero-order valence-electron chi connectivity index (χ0n) is 11.6. The number of hydrogen-bond donors (Lipinski definition) is 3. The number of aryl methyl sites for hydroxylation is 1. The van der Waals surface area contributed by atoms with Crippen LogP contribution in [0.3, 0.4) is 0 Å². The van der Waals surface area contributed by atoms with Gasteiger partial charge in [-0.1, -0.05) is 42.1 Å². The lowest BCUT2D eigenvalue weighted by Crippen LogP contribution is -2.41. The normalized spacial score (nSPS) is 19.5. The number of carboxylic acid groups (broad SMARTS) is 1. The highest BCUT2D eigenvalue weighted by Gasteiger charge is 2.30. The Morgan fingerprint density at radius 3 is 2.77 bits per heavy atom. The Bertz CT molecular complexity index is 603. The summed E-state index contributed by atoms with van der Waals surface area (Å²) in [5.41, 5.74) is 3.36. The number of aliphatic carboxylic acids is 1. The van der Waals surface area contributed by atoms with Crippen molar-refractivity contribution in [2.75, 3.05) is 0 Å². The van der Waals surface area contributed by atoms with Crippen molar-refractivity contribution in [1.29, 1.82) is 0 Å². The zero-order chi connectivity index (χ0) is 15.9. The molecule has 2 rings (SSSR count). The van der Waals surface area contributed by atoms with Crippen LogP contribution in [0.5, 0.6) is 0 Å². The van der Waals surface area contributed by atoms with Gasteiger partial charge in [0.2, 0.25) is 11.8 Å². The van der Waals surface area contributed by atoms with Crippen molar-refractivity contribution in [2.24, 2.45) is 5.10 Å². The van der Waals surface area contributed by atoms with Crippen LogP contribution < -0.4 is 10.7 Å². The highest BCUT2D eigenvalue weighted by Crippen LogP contribution is 2.20. The first-order valence-corrected chi connectivity index (χ1v) is 7.52. The second-order valence-electron chi connectivity index (χ2n) is 4.63. The predicted molar refractivity (Wildman–Crippen MR) is 82.1 cm³/mol. The predicted octanol–water partition coefficient (Wildman–Crippen LogP) is 0.713. The molecule has 8 heteroatoms. The van der Waals surface area contributed by atoms with E-state index in [2.05, 4.69) is 15.8 Å². The van der Waals surface area contributed by atoms with E-state index in [4.69, 9.17) is 5.11 Å². The summed E-state index contributed by atoms with van der Waals surface area (Å²) in [7, 11) is 0. The molecule has 116 valence electrons. The van der Waals surface area contributed by atoms with Crippen LogP contribution in [0.4, 0.5) is 0 Å². The average molecular weight is 321 g/mol. The Morgan fingerprint density at radius 2 is 2.09 bits per heavy atom. The van der Waals surface area contributed by atoms with Crippen molar-refractivity contribution in [3.8, 4) is 0 Å². The molecule has 0 spiro atoms. The van der Waals surface area contributed by atoms with Gasteiger partial charge < -0.3 is 10.4 Å². The third kappa shape index (κ3) is 4.88. The minimum absolute atomic E-state index is 0.0942. The molecule has 0 aromatic heterocycles. The van der Waals surface area contributed by atoms with E-state index in [0.29, 0.717) is 6.42 Å². The van der Waals surface area contributed by atoms with Crippen LogP contribution in [0, 0.1) is 0 Å². The van der Waals surface area contributed by atoms with Crippen LogP contribution in [0.25, 0.3) is 0 Å². The molecule has 0 aliphatic carbocycles. The first kappa shape index (κ1) is 16.0. The van der Waals surface area contributed by atoms with Gasteiger partial charge in [0.1, 0.15) is 5.25 Å². The number of benzene rings is 1. The summed E-state index contributed by atoms with van der Waals surface area (Å²) < 4.78 is 0. The van der Waals surface area contributed by atoms with E-state index in [1.54, 1.807) is 0 Å². The van der Waals surface area contributed by atoms with Gasteiger partial charge in [0.05, 0.1) is 0 Å². The Balaban J connectivity index is 1.83. The lowest BCUT2D eigenvalue weighted by Gasteiger charge is -2.19. The van der Waals surface area contributed by atoms with Crippen LogP contribution in [0.15, 0.2) is 35.4 Å². The second-order valence-corrected chi connectivity index (χ2v) is 5.83. The summed E-state index contributed by atoms with van der Waals surface area (Å²) >= 11 is 0.904. The Labute approximate surface area is 131 Å². The number of thioether (sulfide) groups is 1. The van der Waals surface area contributed by atoms with Crippen molar-refractivity contribution < 1.29 is 19.5 Å². The number of rotatable bonds is 5. The topological polar surface area (TPSA) is 108 Å². The molecule has 1 aliphatic heterocycles. The Hall–Kier alpha value is -2.35. The third-order valence-corrected chi connectivity index (χ3v) is 3.98. The summed E-state index contributed by atoms with van der Waals surface area (Å²) in [5.74, 6) is -1.81. The quantitative estimate of drug-likeness (QED) is 0.692. The number of nitrogens with zero attached hydrogens (tertiary/aromatic N) is 1. The van der Waals surface area contributed by atoms with Gasteiger partial charge in [0.15, 0.2) is 5.17 Å². The first-order valence-electron chi connectivity index (χ1n) is 6.64. The Morgan fingerprint density at radius 1 is 1.36 bits per heavy atom. The molecule has 1 aliphatic rings. The molecule has 0 radical (unpaired) electrons. The molecule has 2 amide bonds. The minimum Gasteiger partial charge on any atom is -0.480 e. The SMILES string of the molecule is O=C(CCc1ccccc1)NN=C1NC(=O)C[C@@H](C(=O)O)S1. The van der Waals surface area contributed by atoms with Crippen LogP contribution in [-0.2, 0) is 20.8 Å². The fourth-order valence-corrected chi connectivity index (χ4v) is 2.68. The van der Waals surface area contributed by atoms with Gasteiger partial charge in [-0.3, -0.25) is 14.4 Å². The third-order valence-electron chi connectivity index (χ3n) is 2.91. The van der Waals surface area contributed by atoms with Crippen molar-refractivity contribution in [1.82, 2.24) is 10.7 Å². The maximum Gasteiger partial charge on any atom is 0.317 e. The number of nitrogens with one attached hydrogen (secondary N) is 2. The van der Waals surface area contributed by atoms with Crippen LogP contribution >= 0.6 is 11.8 Å². The summed E-state index contributed by atoms with van der Waals surface area (Å²) in [4.78, 5) is 34.0. The van der Waals surface area contributed by atoms with Gasteiger partial charge in [-0.05, 0) is 12.0 Å². The van der Waals surface area contributed by atoms with Crippen molar-refractivity contribution in [3.63, 3.8) is 0 Å². The molecule has 1 atom stereocenters. The van der Waals surface area contributed by atoms with E-state index >= 15 is 0 Å². The molecule has 1 aromatic rings. The molecule has 3 N–H and O–H groups in total. The van der Waals surface area contributed by atoms with Crippen LogP contribution in [0.1, 0.15) is 18.4 Å². The lowest BCUT2D eigenvalue weighted by molar-refractivity contribution is -0.138. The second kappa shape index (κ2) is 7.60. The molecule has 1 aromatic carbocycles. The van der Waals surface area contributed by atoms with Gasteiger partial charge >= 0.3 is 5.97 Å². The molecule has 7 nitrogen and oxygen atoms in total. The Kier molecular flexibility index (Phi) is 5.54. The maximum absolute atomic E-state index is 11.7. The van der Waals surface area contributed by atoms with Crippen molar-refractivity contribution in [2.45, 2.75) is 24.5 Å². The highest BCUT2D eigenvalue weighted by molar-refractivity contribution is 8.15. The van der Waals surface area contributed by atoms with Crippen molar-refractivity contribution >= 4 is 34.7 Å². The smallest absolute Gasteiger partial charge is 0.317 e. The highest BCUT2D eigenvalue weighted by atomic mass is 32.2. The zero-order valence-corrected chi connectivity index (χ0v) is 12.4. The summed E-state index contributed by atoms with van der Waals surface area (Å²) in [6, 6.07) is 9.54. The number of carboxylic acids is 1. The van der Waals surface area contributed by atoms with Crippen LogP contribution in [-0.4, -0.2) is 33.3 Å². The molecule has 1 fully saturated rings. The summed E-state index contributed by atoms with van der Waals surface area (Å²) in [6.07, 6.45) is 0.720. The first-order chi connectivity index (χ1) is 10.5. The van der Waals surface area contributed by atoms with Gasteiger partial charge in [-0.2, -0.15) is 0 Å². The molecule has 1 saturated heterocycles. The largest absolute Gasteiger partial charge is 0.480 e. The van der Waals surface area contributed by atoms with Gasteiger partial charge in [0.25, 0.3) is 0 Å². The molecule has 1 heterocycles. The van der Waals surface area contributed by atoms with Crippen LogP contribution in [0.2, 0.25) is 0 Å². The molecule has 0 bridgehead atoms. The van der Waals surface area contributed by atoms with Gasteiger partial charge in [-0.15, -0.1) is 5.10 Å². The van der Waals surface area contributed by atoms with E-state index in [9.17, 15) is 14.4 Å². The number of carbonyl (C=O) groups excluding carboxylic acids is 2. The van der Waals surface area contributed by atoms with E-state index in [0.717, 1.165) is 17.3 Å². The van der Waals surface area contributed by atoms with E-state index in [1.165, 1.54) is 0 Å². The van der Waals surface area contributed by atoms with E-state index in [1.807, 2.05) is 30.3 Å². The summed E-state index contributed by atoms with van der Waals surface area (Å²) in [5, 5.41) is 14.3. The minimum atomic E-state index is -1.08. The lowest BCUT2D eigenvalue weighted by atomic mass is 10.1. The fourth-order valence-electron chi connectivity index (χ4n) is 1.81. The number of hydrazone groups is 1. The number of carbonyl (C=O) groups is 3. The fraction of sp³-hybridized carbons (Fsp3) is 0.286. The van der Waals surface area contributed by atoms with E-state index in [-0.39, 0.29) is 23.9 Å². The van der Waals surface area contributed by atoms with Gasteiger partial charge in [0, 0.05) is 12.8 Å². The number of amides is 2. The van der Waals surface area contributed by atoms with Gasteiger partial charge in [-0.25, -0.2) is 5.43 Å². The molecular weight excluding hydrogens is 306 g/mol. The molecular formula is C14H15N3O4S. The molecule has 0 unspecified atom stereocenters. The van der Waals surface area contributed by atoms with E-state index < -0.39 is 17.1 Å². The molecule has 0 saturated carbocycles. The summed E-state index contributed by atoms with van der Waals surface area (Å²) in [6.45, 7) is 0. The number of hydrogen-bond acceptors (Lipinski definition) is 5. The monoisotopic (exact) mass is 321 g/mol. The number of amidine groups is 1.